The highest BCUT2D eigenvalue weighted by molar-refractivity contribution is 6.07. The fraction of sp³-hybridized carbons (Fsp3) is 0.435. The van der Waals surface area contributed by atoms with E-state index in [2.05, 4.69) is 25.8 Å². The zero-order valence-corrected chi connectivity index (χ0v) is 17.2. The van der Waals surface area contributed by atoms with Crippen LogP contribution in [0.3, 0.4) is 0 Å². The van der Waals surface area contributed by atoms with Crippen LogP contribution in [0.5, 0.6) is 5.75 Å². The number of H-pyrrole nitrogens is 1. The third-order valence-corrected chi connectivity index (χ3v) is 6.64. The highest BCUT2D eigenvalue weighted by Crippen LogP contribution is 2.38. The van der Waals surface area contributed by atoms with E-state index >= 15 is 0 Å². The van der Waals surface area contributed by atoms with E-state index in [1.54, 1.807) is 24.3 Å². The van der Waals surface area contributed by atoms with E-state index in [0.29, 0.717) is 16.9 Å². The molecule has 1 aliphatic carbocycles. The molecular formula is C23H27N5O2. The van der Waals surface area contributed by atoms with Gasteiger partial charge in [0.05, 0.1) is 16.6 Å². The van der Waals surface area contributed by atoms with Crippen LogP contribution in [0.15, 0.2) is 30.3 Å². The second-order valence-electron chi connectivity index (χ2n) is 8.58. The molecule has 1 atom stereocenters. The van der Waals surface area contributed by atoms with Crippen molar-refractivity contribution in [3.63, 3.8) is 0 Å². The van der Waals surface area contributed by atoms with Crippen molar-refractivity contribution in [1.82, 2.24) is 25.8 Å². The predicted molar refractivity (Wildman–Crippen MR) is 115 cm³/mol. The summed E-state index contributed by atoms with van der Waals surface area (Å²) in [5, 5.41) is 24.7. The second-order valence-corrected chi connectivity index (χ2v) is 8.58. The van der Waals surface area contributed by atoms with Gasteiger partial charge < -0.3 is 15.7 Å². The molecule has 3 heterocycles. The minimum absolute atomic E-state index is 0.0695. The number of nitrogens with zero attached hydrogens (tertiary/aromatic N) is 2. The minimum atomic E-state index is -0.0695. The van der Waals surface area contributed by atoms with Gasteiger partial charge in [0.15, 0.2) is 5.65 Å². The summed E-state index contributed by atoms with van der Waals surface area (Å²) in [6.45, 7) is 2.98. The number of hydrogen-bond acceptors (Lipinski definition) is 5. The highest BCUT2D eigenvalue weighted by atomic mass is 16.3. The number of phenolic OH excluding ortho intramolecular Hbond substituents is 1. The lowest BCUT2D eigenvalue weighted by Crippen LogP contribution is -2.59. The number of amides is 1. The van der Waals surface area contributed by atoms with Gasteiger partial charge in [-0.05, 0) is 75.4 Å². The van der Waals surface area contributed by atoms with Gasteiger partial charge in [0.1, 0.15) is 5.75 Å². The number of carbonyl (C=O) groups is 1. The molecule has 5 rings (SSSR count). The van der Waals surface area contributed by atoms with Gasteiger partial charge in [-0.2, -0.15) is 5.10 Å². The summed E-state index contributed by atoms with van der Waals surface area (Å²) in [6, 6.07) is 8.86. The molecule has 156 valence electrons. The number of phenols is 1. The topological polar surface area (TPSA) is 103 Å². The first kappa shape index (κ1) is 19.1. The molecule has 2 aromatic heterocycles. The number of aryl methyl sites for hydroxylation is 1. The van der Waals surface area contributed by atoms with Crippen LogP contribution in [0.2, 0.25) is 0 Å². The SMILES string of the molecule is CCc1[nH]nc2nc(-c3ccc(O)cc3)cc(C(=O)NC3CCNC4(CCC4)C3)c12. The van der Waals surface area contributed by atoms with Crippen molar-refractivity contribution in [3.8, 4) is 17.0 Å². The Morgan fingerprint density at radius 3 is 2.80 bits per heavy atom. The molecule has 1 spiro atoms. The van der Waals surface area contributed by atoms with E-state index in [1.165, 1.54) is 19.3 Å². The molecule has 2 aliphatic rings. The Morgan fingerprint density at radius 1 is 1.30 bits per heavy atom. The highest BCUT2D eigenvalue weighted by Gasteiger charge is 2.41. The first-order chi connectivity index (χ1) is 14.6. The maximum absolute atomic E-state index is 13.4. The number of fused-ring (bicyclic) bond motifs is 1. The number of nitrogens with one attached hydrogen (secondary N) is 3. The minimum Gasteiger partial charge on any atom is -0.508 e. The summed E-state index contributed by atoms with van der Waals surface area (Å²) >= 11 is 0. The molecule has 1 amide bonds. The fourth-order valence-corrected chi connectivity index (χ4v) is 4.83. The second kappa shape index (κ2) is 7.40. The van der Waals surface area contributed by atoms with E-state index in [9.17, 15) is 9.90 Å². The Labute approximate surface area is 175 Å². The summed E-state index contributed by atoms with van der Waals surface area (Å²) < 4.78 is 0. The van der Waals surface area contributed by atoms with Gasteiger partial charge in [0, 0.05) is 22.8 Å². The average Bonchev–Trinajstić information content (AvgIpc) is 3.16. The Balaban J connectivity index is 1.50. The molecule has 7 nitrogen and oxygen atoms in total. The number of piperidine rings is 1. The molecule has 3 aromatic rings. The maximum atomic E-state index is 13.4. The Kier molecular flexibility index (Phi) is 4.70. The zero-order valence-electron chi connectivity index (χ0n) is 17.2. The summed E-state index contributed by atoms with van der Waals surface area (Å²) in [7, 11) is 0. The number of aromatic nitrogens is 3. The number of pyridine rings is 1. The van der Waals surface area contributed by atoms with Crippen LogP contribution in [0.1, 0.15) is 55.1 Å². The number of aromatic amines is 1. The number of rotatable bonds is 4. The van der Waals surface area contributed by atoms with Crippen molar-refractivity contribution in [2.75, 3.05) is 6.54 Å². The Morgan fingerprint density at radius 2 is 2.10 bits per heavy atom. The molecular weight excluding hydrogens is 378 g/mol. The van der Waals surface area contributed by atoms with Crippen LogP contribution < -0.4 is 10.6 Å². The van der Waals surface area contributed by atoms with Crippen LogP contribution >= 0.6 is 0 Å². The van der Waals surface area contributed by atoms with Crippen molar-refractivity contribution < 1.29 is 9.90 Å². The van der Waals surface area contributed by atoms with Crippen LogP contribution in [0.25, 0.3) is 22.3 Å². The number of aromatic hydroxyl groups is 1. The first-order valence-corrected chi connectivity index (χ1v) is 10.8. The molecule has 1 aromatic carbocycles. The number of hydrogen-bond donors (Lipinski definition) is 4. The van der Waals surface area contributed by atoms with E-state index < -0.39 is 0 Å². The molecule has 0 bridgehead atoms. The predicted octanol–water partition coefficient (Wildman–Crippen LogP) is 3.30. The van der Waals surface area contributed by atoms with Gasteiger partial charge in [-0.3, -0.25) is 9.89 Å². The van der Waals surface area contributed by atoms with Crippen LogP contribution in [0, 0.1) is 0 Å². The van der Waals surface area contributed by atoms with E-state index in [1.807, 2.05) is 13.0 Å². The summed E-state index contributed by atoms with van der Waals surface area (Å²) in [4.78, 5) is 18.1. The molecule has 0 radical (unpaired) electrons. The normalized spacial score (nSPS) is 20.2. The van der Waals surface area contributed by atoms with Crippen LogP contribution in [0.4, 0.5) is 0 Å². The van der Waals surface area contributed by atoms with Crippen LogP contribution in [-0.2, 0) is 6.42 Å². The average molecular weight is 406 g/mol. The summed E-state index contributed by atoms with van der Waals surface area (Å²) in [6.07, 6.45) is 6.34. The lowest BCUT2D eigenvalue weighted by molar-refractivity contribution is 0.0854. The third kappa shape index (κ3) is 3.33. The molecule has 2 fully saturated rings. The van der Waals surface area contributed by atoms with Gasteiger partial charge >= 0.3 is 0 Å². The van der Waals surface area contributed by atoms with Crippen LogP contribution in [-0.4, -0.2) is 44.3 Å². The van der Waals surface area contributed by atoms with Gasteiger partial charge in [-0.25, -0.2) is 4.98 Å². The number of carbonyl (C=O) groups excluding carboxylic acids is 1. The largest absolute Gasteiger partial charge is 0.508 e. The molecule has 7 heteroatoms. The standard InChI is InChI=1S/C23H27N5O2/c1-2-18-20-17(22(30)25-15-8-11-24-23(13-15)9-3-10-23)12-19(26-21(20)28-27-18)14-4-6-16(29)7-5-14/h4-7,12,15,24,29H,2-3,8-11,13H2,1H3,(H,25,30)(H,26,27,28). The zero-order chi connectivity index (χ0) is 20.7. The van der Waals surface area contributed by atoms with E-state index in [-0.39, 0.29) is 23.2 Å². The van der Waals surface area contributed by atoms with Crippen molar-refractivity contribution in [2.24, 2.45) is 0 Å². The van der Waals surface area contributed by atoms with Crippen molar-refractivity contribution in [2.45, 2.75) is 57.0 Å². The van der Waals surface area contributed by atoms with Gasteiger partial charge in [-0.1, -0.05) is 6.92 Å². The quantitative estimate of drug-likeness (QED) is 0.533. The number of benzene rings is 1. The molecule has 4 N–H and O–H groups in total. The Bertz CT molecular complexity index is 1080. The Hall–Kier alpha value is -2.93. The molecule has 30 heavy (non-hydrogen) atoms. The maximum Gasteiger partial charge on any atom is 0.252 e. The monoisotopic (exact) mass is 405 g/mol. The van der Waals surface area contributed by atoms with Gasteiger partial charge in [0.25, 0.3) is 5.91 Å². The van der Waals surface area contributed by atoms with Crippen molar-refractivity contribution in [1.29, 1.82) is 0 Å². The molecule has 1 saturated carbocycles. The summed E-state index contributed by atoms with van der Waals surface area (Å²) in [5.41, 5.74) is 3.80. The lowest BCUT2D eigenvalue weighted by Gasteiger charge is -2.48. The van der Waals surface area contributed by atoms with Crippen molar-refractivity contribution in [3.05, 3.63) is 41.6 Å². The fourth-order valence-electron chi connectivity index (χ4n) is 4.83. The lowest BCUT2D eigenvalue weighted by atomic mass is 9.70. The molecule has 1 saturated heterocycles. The molecule has 1 aliphatic heterocycles. The van der Waals surface area contributed by atoms with Gasteiger partial charge in [0.2, 0.25) is 0 Å². The van der Waals surface area contributed by atoms with E-state index in [0.717, 1.165) is 42.5 Å². The van der Waals surface area contributed by atoms with E-state index in [4.69, 9.17) is 0 Å². The van der Waals surface area contributed by atoms with Crippen molar-refractivity contribution >= 4 is 16.9 Å². The van der Waals surface area contributed by atoms with Gasteiger partial charge in [-0.15, -0.1) is 0 Å². The summed E-state index contributed by atoms with van der Waals surface area (Å²) in [5.74, 6) is 0.126. The smallest absolute Gasteiger partial charge is 0.252 e. The third-order valence-electron chi connectivity index (χ3n) is 6.64. The first-order valence-electron chi connectivity index (χ1n) is 10.8. The molecule has 1 unspecified atom stereocenters.